The van der Waals surface area contributed by atoms with Crippen molar-refractivity contribution in [3.63, 3.8) is 0 Å². The molecule has 0 fully saturated rings. The minimum Gasteiger partial charge on any atom is -0.459 e. The maximum Gasteiger partial charge on any atom is 0.338 e. The maximum atomic E-state index is 12.6. The van der Waals surface area contributed by atoms with Crippen molar-refractivity contribution >= 4 is 27.6 Å². The topological polar surface area (TPSA) is 98.8 Å². The molecule has 7 nitrogen and oxygen atoms in total. The molecule has 28 heavy (non-hydrogen) atoms. The highest BCUT2D eigenvalue weighted by molar-refractivity contribution is 7.92. The van der Waals surface area contributed by atoms with Gasteiger partial charge in [0.1, 0.15) is 0 Å². The van der Waals surface area contributed by atoms with Gasteiger partial charge in [0, 0.05) is 0 Å². The minimum atomic E-state index is -3.90. The van der Waals surface area contributed by atoms with Crippen LogP contribution in [0, 0.1) is 0 Å². The van der Waals surface area contributed by atoms with Crippen LogP contribution in [0.15, 0.2) is 53.4 Å². The van der Waals surface area contributed by atoms with Crippen molar-refractivity contribution in [3.05, 3.63) is 59.7 Å². The van der Waals surface area contributed by atoms with Crippen LogP contribution < -0.4 is 4.72 Å². The first kappa shape index (κ1) is 21.4. The van der Waals surface area contributed by atoms with Crippen LogP contribution >= 0.6 is 0 Å². The highest BCUT2D eigenvalue weighted by Crippen LogP contribution is 2.21. The number of anilines is 1. The van der Waals surface area contributed by atoms with E-state index in [1.165, 1.54) is 30.3 Å². The molecule has 2 aromatic carbocycles. The molecular weight excluding hydrogens is 382 g/mol. The van der Waals surface area contributed by atoms with E-state index in [1.807, 2.05) is 0 Å². The fourth-order valence-electron chi connectivity index (χ4n) is 2.30. The number of hydrogen-bond donors (Lipinski definition) is 1. The summed E-state index contributed by atoms with van der Waals surface area (Å²) in [5.41, 5.74) is 0.133. The number of rotatable bonds is 7. The third-order valence-electron chi connectivity index (χ3n) is 3.40. The van der Waals surface area contributed by atoms with Crippen molar-refractivity contribution in [2.75, 3.05) is 4.72 Å². The zero-order valence-corrected chi connectivity index (χ0v) is 16.9. The molecule has 0 bridgehead atoms. The van der Waals surface area contributed by atoms with Crippen LogP contribution in [0.5, 0.6) is 0 Å². The molecule has 0 saturated carbocycles. The Morgan fingerprint density at radius 1 is 0.821 bits per heavy atom. The summed E-state index contributed by atoms with van der Waals surface area (Å²) < 4.78 is 37.8. The molecule has 0 amide bonds. The molecule has 0 saturated heterocycles. The molecule has 0 atom stereocenters. The third kappa shape index (κ3) is 5.82. The summed E-state index contributed by atoms with van der Waals surface area (Å²) in [5, 5.41) is 0. The van der Waals surface area contributed by atoms with E-state index in [1.54, 1.807) is 45.9 Å². The second kappa shape index (κ2) is 8.88. The first-order valence-electron chi connectivity index (χ1n) is 8.73. The molecule has 0 unspecified atom stereocenters. The van der Waals surface area contributed by atoms with Crippen molar-refractivity contribution in [3.8, 4) is 0 Å². The monoisotopic (exact) mass is 405 g/mol. The molecule has 0 heterocycles. The Morgan fingerprint density at radius 3 is 1.71 bits per heavy atom. The van der Waals surface area contributed by atoms with Gasteiger partial charge in [0.2, 0.25) is 0 Å². The lowest BCUT2D eigenvalue weighted by Crippen LogP contribution is -2.17. The molecule has 0 spiro atoms. The number of esters is 2. The number of carbonyl (C=O) groups is 2. The Bertz CT molecular complexity index is 912. The van der Waals surface area contributed by atoms with Crippen LogP contribution in [-0.4, -0.2) is 32.6 Å². The summed E-state index contributed by atoms with van der Waals surface area (Å²) in [5.74, 6) is -1.34. The van der Waals surface area contributed by atoms with E-state index < -0.39 is 22.0 Å². The van der Waals surface area contributed by atoms with Gasteiger partial charge in [-0.2, -0.15) is 0 Å². The van der Waals surface area contributed by atoms with Gasteiger partial charge in [-0.25, -0.2) is 18.0 Å². The number of nitrogens with one attached hydrogen (secondary N) is 1. The largest absolute Gasteiger partial charge is 0.459 e. The van der Waals surface area contributed by atoms with Crippen molar-refractivity contribution in [1.29, 1.82) is 0 Å². The van der Waals surface area contributed by atoms with Gasteiger partial charge in [0.15, 0.2) is 0 Å². The van der Waals surface area contributed by atoms with E-state index in [4.69, 9.17) is 9.47 Å². The van der Waals surface area contributed by atoms with Crippen molar-refractivity contribution in [2.45, 2.75) is 44.8 Å². The van der Waals surface area contributed by atoms with Crippen molar-refractivity contribution in [1.82, 2.24) is 0 Å². The maximum absolute atomic E-state index is 12.6. The van der Waals surface area contributed by atoms with Gasteiger partial charge in [0.25, 0.3) is 10.0 Å². The van der Waals surface area contributed by atoms with Crippen LogP contribution in [0.1, 0.15) is 48.4 Å². The lowest BCUT2D eigenvalue weighted by molar-refractivity contribution is 0.0377. The van der Waals surface area contributed by atoms with E-state index in [0.717, 1.165) is 0 Å². The first-order chi connectivity index (χ1) is 13.1. The van der Waals surface area contributed by atoms with Gasteiger partial charge in [-0.05, 0) is 58.0 Å². The SMILES string of the molecule is CC(C)OC(=O)c1cc(NS(=O)(=O)c2ccccc2)cc(C(=O)OC(C)C)c1. The summed E-state index contributed by atoms with van der Waals surface area (Å²) in [6.07, 6.45) is -0.744. The summed E-state index contributed by atoms with van der Waals surface area (Å²) in [4.78, 5) is 24.6. The highest BCUT2D eigenvalue weighted by atomic mass is 32.2. The molecule has 0 aliphatic carbocycles. The smallest absolute Gasteiger partial charge is 0.338 e. The molecule has 0 radical (unpaired) electrons. The summed E-state index contributed by atoms with van der Waals surface area (Å²) in [6.45, 7) is 6.75. The predicted octanol–water partition coefficient (Wildman–Crippen LogP) is 3.62. The summed E-state index contributed by atoms with van der Waals surface area (Å²) in [6, 6.07) is 11.7. The second-order valence-corrected chi connectivity index (χ2v) is 8.31. The molecule has 2 rings (SSSR count). The average Bonchev–Trinajstić information content (AvgIpc) is 2.60. The number of ether oxygens (including phenoxy) is 2. The summed E-state index contributed by atoms with van der Waals surface area (Å²) in [7, 11) is -3.90. The first-order valence-corrected chi connectivity index (χ1v) is 10.2. The number of hydrogen-bond acceptors (Lipinski definition) is 6. The molecule has 2 aromatic rings. The van der Waals surface area contributed by atoms with Crippen LogP contribution in [0.3, 0.4) is 0 Å². The van der Waals surface area contributed by atoms with E-state index >= 15 is 0 Å². The molecule has 8 heteroatoms. The fraction of sp³-hybridized carbons (Fsp3) is 0.300. The van der Waals surface area contributed by atoms with Crippen LogP contribution in [0.2, 0.25) is 0 Å². The van der Waals surface area contributed by atoms with Crippen LogP contribution in [-0.2, 0) is 19.5 Å². The fourth-order valence-corrected chi connectivity index (χ4v) is 3.36. The lowest BCUT2D eigenvalue weighted by Gasteiger charge is -2.14. The van der Waals surface area contributed by atoms with Gasteiger partial charge in [-0.3, -0.25) is 4.72 Å². The Labute approximate surface area is 164 Å². The zero-order chi connectivity index (χ0) is 20.9. The van der Waals surface area contributed by atoms with Gasteiger partial charge in [0.05, 0.1) is 33.9 Å². The molecule has 0 aliphatic heterocycles. The standard InChI is InChI=1S/C20H23NO6S/c1-13(2)26-19(22)15-10-16(20(23)27-14(3)4)12-17(11-15)21-28(24,25)18-8-6-5-7-9-18/h5-14,21H,1-4H3. The molecule has 150 valence electrons. The van der Waals surface area contributed by atoms with Gasteiger partial charge in [-0.1, -0.05) is 18.2 Å². The van der Waals surface area contributed by atoms with Gasteiger partial charge >= 0.3 is 11.9 Å². The second-order valence-electron chi connectivity index (χ2n) is 6.63. The van der Waals surface area contributed by atoms with E-state index in [-0.39, 0.29) is 33.9 Å². The predicted molar refractivity (Wildman–Crippen MR) is 105 cm³/mol. The minimum absolute atomic E-state index is 0.0395. The number of sulfonamides is 1. The van der Waals surface area contributed by atoms with Crippen LogP contribution in [0.25, 0.3) is 0 Å². The highest BCUT2D eigenvalue weighted by Gasteiger charge is 2.20. The van der Waals surface area contributed by atoms with Crippen molar-refractivity contribution < 1.29 is 27.5 Å². The third-order valence-corrected chi connectivity index (χ3v) is 4.79. The van der Waals surface area contributed by atoms with Gasteiger partial charge < -0.3 is 9.47 Å². The Hall–Kier alpha value is -2.87. The molecule has 1 N–H and O–H groups in total. The Balaban J connectivity index is 2.44. The average molecular weight is 405 g/mol. The van der Waals surface area contributed by atoms with Crippen LogP contribution in [0.4, 0.5) is 5.69 Å². The van der Waals surface area contributed by atoms with Gasteiger partial charge in [-0.15, -0.1) is 0 Å². The van der Waals surface area contributed by atoms with E-state index in [2.05, 4.69) is 4.72 Å². The Kier molecular flexibility index (Phi) is 6.80. The molecule has 0 aromatic heterocycles. The zero-order valence-electron chi connectivity index (χ0n) is 16.1. The lowest BCUT2D eigenvalue weighted by atomic mass is 10.1. The van der Waals surface area contributed by atoms with Crippen molar-refractivity contribution in [2.24, 2.45) is 0 Å². The summed E-state index contributed by atoms with van der Waals surface area (Å²) >= 11 is 0. The normalized spacial score (nSPS) is 11.4. The quantitative estimate of drug-likeness (QED) is 0.707. The van der Waals surface area contributed by atoms with E-state index in [9.17, 15) is 18.0 Å². The molecular formula is C20H23NO6S. The molecule has 0 aliphatic rings. The Morgan fingerprint density at radius 2 is 1.29 bits per heavy atom. The van der Waals surface area contributed by atoms with E-state index in [0.29, 0.717) is 0 Å². The number of carbonyl (C=O) groups excluding carboxylic acids is 2. The number of benzene rings is 2.